The van der Waals surface area contributed by atoms with E-state index in [1.807, 2.05) is 54.6 Å². The van der Waals surface area contributed by atoms with Crippen molar-refractivity contribution in [2.75, 3.05) is 0 Å². The molecular formula is C19H13ClN2OS. The van der Waals surface area contributed by atoms with Crippen LogP contribution in [-0.2, 0) is 6.54 Å². The molecule has 3 nitrogen and oxygen atoms in total. The van der Waals surface area contributed by atoms with Crippen molar-refractivity contribution in [3.8, 4) is 0 Å². The van der Waals surface area contributed by atoms with Crippen molar-refractivity contribution >= 4 is 50.0 Å². The summed E-state index contributed by atoms with van der Waals surface area (Å²) in [6, 6.07) is 19.4. The summed E-state index contributed by atoms with van der Waals surface area (Å²) in [7, 11) is 0. The standard InChI is InChI=1S/C19H13ClN2OS/c20-15-7-5-12(6-8-15)11-21-18(23)17-10-14-9-13-3-1-2-4-16(13)22-19(14)24-17/h1-10H,11H2,(H,21,23). The molecule has 0 saturated carbocycles. The summed E-state index contributed by atoms with van der Waals surface area (Å²) in [5.74, 6) is -0.0861. The summed E-state index contributed by atoms with van der Waals surface area (Å²) in [4.78, 5) is 18.6. The molecule has 0 radical (unpaired) electrons. The van der Waals surface area contributed by atoms with E-state index in [-0.39, 0.29) is 5.91 Å². The van der Waals surface area contributed by atoms with Gasteiger partial charge in [-0.05, 0) is 35.9 Å². The van der Waals surface area contributed by atoms with E-state index in [2.05, 4.69) is 16.4 Å². The fraction of sp³-hybridized carbons (Fsp3) is 0.0526. The van der Waals surface area contributed by atoms with Gasteiger partial charge in [-0.3, -0.25) is 4.79 Å². The Kier molecular flexibility index (Phi) is 3.92. The summed E-state index contributed by atoms with van der Waals surface area (Å²) in [6.45, 7) is 0.472. The van der Waals surface area contributed by atoms with E-state index < -0.39 is 0 Å². The number of halogens is 1. The van der Waals surface area contributed by atoms with Crippen molar-refractivity contribution < 1.29 is 4.79 Å². The van der Waals surface area contributed by atoms with Crippen molar-refractivity contribution in [3.05, 3.63) is 76.1 Å². The highest BCUT2D eigenvalue weighted by Crippen LogP contribution is 2.27. The van der Waals surface area contributed by atoms with E-state index in [0.29, 0.717) is 16.4 Å². The molecule has 0 bridgehead atoms. The summed E-state index contributed by atoms with van der Waals surface area (Å²) in [5, 5.41) is 5.70. The summed E-state index contributed by atoms with van der Waals surface area (Å²) < 4.78 is 0. The first-order valence-corrected chi connectivity index (χ1v) is 8.70. The summed E-state index contributed by atoms with van der Waals surface area (Å²) in [5.41, 5.74) is 1.96. The first-order chi connectivity index (χ1) is 11.7. The Morgan fingerprint density at radius 1 is 1.04 bits per heavy atom. The minimum Gasteiger partial charge on any atom is -0.347 e. The Hall–Kier alpha value is -2.43. The van der Waals surface area contributed by atoms with Crippen molar-refractivity contribution in [1.29, 1.82) is 0 Å². The zero-order valence-corrected chi connectivity index (χ0v) is 14.2. The minimum absolute atomic E-state index is 0.0861. The molecule has 4 rings (SSSR count). The first kappa shape index (κ1) is 15.1. The van der Waals surface area contributed by atoms with Gasteiger partial charge in [0, 0.05) is 22.3 Å². The Bertz CT molecular complexity index is 988. The van der Waals surface area contributed by atoms with E-state index in [1.54, 1.807) is 0 Å². The maximum absolute atomic E-state index is 12.4. The predicted molar refractivity (Wildman–Crippen MR) is 99.7 cm³/mol. The van der Waals surface area contributed by atoms with Crippen molar-refractivity contribution in [1.82, 2.24) is 10.3 Å². The topological polar surface area (TPSA) is 42.0 Å². The fourth-order valence-corrected chi connectivity index (χ4v) is 3.62. The van der Waals surface area contributed by atoms with Gasteiger partial charge in [-0.25, -0.2) is 4.98 Å². The van der Waals surface area contributed by atoms with Gasteiger partial charge in [-0.15, -0.1) is 11.3 Å². The van der Waals surface area contributed by atoms with E-state index in [4.69, 9.17) is 11.6 Å². The number of pyridine rings is 1. The molecule has 0 aliphatic carbocycles. The molecule has 5 heteroatoms. The average molecular weight is 353 g/mol. The number of para-hydroxylation sites is 1. The SMILES string of the molecule is O=C(NCc1ccc(Cl)cc1)c1cc2cc3ccccc3nc2s1. The number of nitrogens with zero attached hydrogens (tertiary/aromatic N) is 1. The maximum atomic E-state index is 12.4. The van der Waals surface area contributed by atoms with Crippen LogP contribution in [0.2, 0.25) is 5.02 Å². The number of benzene rings is 2. The van der Waals surface area contributed by atoms with Gasteiger partial charge in [0.15, 0.2) is 0 Å². The Labute approximate surface area is 147 Å². The Morgan fingerprint density at radius 2 is 1.83 bits per heavy atom. The van der Waals surface area contributed by atoms with Crippen LogP contribution in [0.4, 0.5) is 0 Å². The van der Waals surface area contributed by atoms with E-state index >= 15 is 0 Å². The number of amides is 1. The van der Waals surface area contributed by atoms with Gasteiger partial charge < -0.3 is 5.32 Å². The zero-order chi connectivity index (χ0) is 16.5. The first-order valence-electron chi connectivity index (χ1n) is 7.51. The Balaban J connectivity index is 1.57. The van der Waals surface area contributed by atoms with Gasteiger partial charge in [0.05, 0.1) is 10.4 Å². The molecule has 4 aromatic rings. The molecule has 0 atom stereocenters. The number of hydrogen-bond donors (Lipinski definition) is 1. The average Bonchev–Trinajstić information content (AvgIpc) is 3.02. The van der Waals surface area contributed by atoms with E-state index in [0.717, 1.165) is 26.7 Å². The molecule has 2 aromatic heterocycles. The van der Waals surface area contributed by atoms with Crippen LogP contribution >= 0.6 is 22.9 Å². The normalized spacial score (nSPS) is 11.0. The quantitative estimate of drug-likeness (QED) is 0.561. The Morgan fingerprint density at radius 3 is 2.67 bits per heavy atom. The van der Waals surface area contributed by atoms with Crippen LogP contribution in [0.15, 0.2) is 60.7 Å². The molecular weight excluding hydrogens is 340 g/mol. The van der Waals surface area contributed by atoms with Crippen LogP contribution in [0.25, 0.3) is 21.1 Å². The lowest BCUT2D eigenvalue weighted by Crippen LogP contribution is -2.21. The van der Waals surface area contributed by atoms with Crippen molar-refractivity contribution in [3.63, 3.8) is 0 Å². The molecule has 118 valence electrons. The molecule has 0 unspecified atom stereocenters. The van der Waals surface area contributed by atoms with Crippen molar-refractivity contribution in [2.24, 2.45) is 0 Å². The van der Waals surface area contributed by atoms with Crippen LogP contribution in [0, 0.1) is 0 Å². The number of aromatic nitrogens is 1. The smallest absolute Gasteiger partial charge is 0.261 e. The number of carbonyl (C=O) groups excluding carboxylic acids is 1. The number of carbonyl (C=O) groups is 1. The third kappa shape index (κ3) is 2.98. The highest BCUT2D eigenvalue weighted by atomic mass is 35.5. The van der Waals surface area contributed by atoms with Gasteiger partial charge >= 0.3 is 0 Å². The second-order valence-electron chi connectivity index (χ2n) is 5.50. The van der Waals surface area contributed by atoms with Gasteiger partial charge in [-0.2, -0.15) is 0 Å². The number of rotatable bonds is 3. The molecule has 0 spiro atoms. The largest absolute Gasteiger partial charge is 0.347 e. The van der Waals surface area contributed by atoms with Crippen molar-refractivity contribution in [2.45, 2.75) is 6.54 Å². The third-order valence-electron chi connectivity index (χ3n) is 3.80. The summed E-state index contributed by atoms with van der Waals surface area (Å²) in [6.07, 6.45) is 0. The lowest BCUT2D eigenvalue weighted by molar-refractivity contribution is 0.0955. The van der Waals surface area contributed by atoms with Gasteiger partial charge in [-0.1, -0.05) is 41.9 Å². The molecule has 24 heavy (non-hydrogen) atoms. The molecule has 0 fully saturated rings. The van der Waals surface area contributed by atoms with Crippen LogP contribution < -0.4 is 5.32 Å². The number of nitrogens with one attached hydrogen (secondary N) is 1. The van der Waals surface area contributed by atoms with E-state index in [1.165, 1.54) is 11.3 Å². The maximum Gasteiger partial charge on any atom is 0.261 e. The monoisotopic (exact) mass is 352 g/mol. The second kappa shape index (κ2) is 6.23. The molecule has 2 aromatic carbocycles. The molecule has 0 saturated heterocycles. The molecule has 1 amide bonds. The van der Waals surface area contributed by atoms with Gasteiger partial charge in [0.1, 0.15) is 4.83 Å². The summed E-state index contributed by atoms with van der Waals surface area (Å²) >= 11 is 7.28. The number of thiophene rings is 1. The minimum atomic E-state index is -0.0861. The highest BCUT2D eigenvalue weighted by molar-refractivity contribution is 7.20. The number of fused-ring (bicyclic) bond motifs is 2. The lowest BCUT2D eigenvalue weighted by atomic mass is 10.2. The third-order valence-corrected chi connectivity index (χ3v) is 5.10. The van der Waals surface area contributed by atoms with Crippen LogP contribution in [-0.4, -0.2) is 10.9 Å². The molecule has 0 aliphatic rings. The molecule has 1 N–H and O–H groups in total. The van der Waals surface area contributed by atoms with Crippen LogP contribution in [0.3, 0.4) is 0 Å². The van der Waals surface area contributed by atoms with E-state index in [9.17, 15) is 4.79 Å². The zero-order valence-electron chi connectivity index (χ0n) is 12.6. The fourth-order valence-electron chi connectivity index (χ4n) is 2.56. The van der Waals surface area contributed by atoms with Gasteiger partial charge in [0.2, 0.25) is 0 Å². The molecule has 0 aliphatic heterocycles. The van der Waals surface area contributed by atoms with Gasteiger partial charge in [0.25, 0.3) is 5.91 Å². The highest BCUT2D eigenvalue weighted by Gasteiger charge is 2.11. The number of hydrogen-bond acceptors (Lipinski definition) is 3. The predicted octanol–water partition coefficient (Wildman–Crippen LogP) is 5.03. The van der Waals surface area contributed by atoms with Crippen LogP contribution in [0.1, 0.15) is 15.2 Å². The molecule has 2 heterocycles. The van der Waals surface area contributed by atoms with Crippen LogP contribution in [0.5, 0.6) is 0 Å². The second-order valence-corrected chi connectivity index (χ2v) is 6.96. The lowest BCUT2D eigenvalue weighted by Gasteiger charge is -2.03.